The van der Waals surface area contributed by atoms with E-state index < -0.39 is 0 Å². The molecule has 7 nitrogen and oxygen atoms in total. The van der Waals surface area contributed by atoms with E-state index in [1.807, 2.05) is 38.1 Å². The lowest BCUT2D eigenvalue weighted by molar-refractivity contribution is 0.288. The summed E-state index contributed by atoms with van der Waals surface area (Å²) >= 11 is 0. The monoisotopic (exact) mass is 393 g/mol. The van der Waals surface area contributed by atoms with Gasteiger partial charge in [0.15, 0.2) is 0 Å². The van der Waals surface area contributed by atoms with Gasteiger partial charge in [0.25, 0.3) is 5.78 Å². The number of aryl methyl sites for hydroxylation is 2. The summed E-state index contributed by atoms with van der Waals surface area (Å²) in [7, 11) is 0. The molecule has 0 atom stereocenters. The molecule has 148 valence electrons. The van der Waals surface area contributed by atoms with Crippen LogP contribution >= 0.6 is 0 Å². The lowest BCUT2D eigenvalue weighted by atomic mass is 10.2. The van der Waals surface area contributed by atoms with Crippen LogP contribution < -0.4 is 15.7 Å². The highest BCUT2D eigenvalue weighted by Crippen LogP contribution is 2.17. The first kappa shape index (κ1) is 18.7. The van der Waals surface area contributed by atoms with Gasteiger partial charge in [-0.15, -0.1) is 5.10 Å². The van der Waals surface area contributed by atoms with Crippen LogP contribution in [0.4, 0.5) is 15.9 Å². The molecule has 0 saturated heterocycles. The number of ether oxygens (including phenoxy) is 1. The summed E-state index contributed by atoms with van der Waals surface area (Å²) in [6, 6.07) is 15.5. The van der Waals surface area contributed by atoms with Crippen LogP contribution in [-0.4, -0.2) is 25.8 Å². The first-order chi connectivity index (χ1) is 14.0. The third kappa shape index (κ3) is 4.11. The van der Waals surface area contributed by atoms with E-state index in [2.05, 4.69) is 15.4 Å². The maximum Gasteiger partial charge on any atom is 0.351 e. The van der Waals surface area contributed by atoms with Crippen LogP contribution in [-0.2, 0) is 6.54 Å². The smallest absolute Gasteiger partial charge is 0.351 e. The van der Waals surface area contributed by atoms with Crippen molar-refractivity contribution in [2.45, 2.75) is 20.4 Å². The first-order valence-corrected chi connectivity index (χ1v) is 9.19. The van der Waals surface area contributed by atoms with E-state index in [4.69, 9.17) is 4.74 Å². The highest BCUT2D eigenvalue weighted by atomic mass is 19.1. The molecule has 4 aromatic rings. The molecule has 0 bridgehead atoms. The molecule has 8 heteroatoms. The molecule has 2 heterocycles. The number of nitrogens with one attached hydrogen (secondary N) is 1. The zero-order chi connectivity index (χ0) is 20.4. The lowest BCUT2D eigenvalue weighted by Gasteiger charge is -2.07. The standard InChI is InChI=1S/C21H20FN5O2/c1-14-3-7-17(8-4-14)23-19-13-15(2)27-20(24-19)25-26(21(27)28)11-12-29-18-9-5-16(22)6-10-18/h3-10,13H,11-12H2,1-2H3,(H,23,24,25). The van der Waals surface area contributed by atoms with E-state index in [0.29, 0.717) is 17.3 Å². The Morgan fingerprint density at radius 1 is 1.07 bits per heavy atom. The fourth-order valence-corrected chi connectivity index (χ4v) is 2.96. The Hall–Kier alpha value is -3.68. The van der Waals surface area contributed by atoms with Crippen molar-refractivity contribution < 1.29 is 9.13 Å². The Balaban J connectivity index is 1.52. The van der Waals surface area contributed by atoms with Crippen molar-refractivity contribution in [2.75, 3.05) is 11.9 Å². The van der Waals surface area contributed by atoms with Gasteiger partial charge in [-0.05, 0) is 50.2 Å². The number of rotatable bonds is 6. The van der Waals surface area contributed by atoms with Gasteiger partial charge in [-0.3, -0.25) is 0 Å². The molecule has 29 heavy (non-hydrogen) atoms. The average Bonchev–Trinajstić information content (AvgIpc) is 3.01. The quantitative estimate of drug-likeness (QED) is 0.543. The molecule has 2 aromatic carbocycles. The second-order valence-corrected chi connectivity index (χ2v) is 6.72. The molecule has 4 rings (SSSR count). The number of hydrogen-bond acceptors (Lipinski definition) is 5. The molecule has 0 aliphatic rings. The molecule has 0 amide bonds. The van der Waals surface area contributed by atoms with Crippen LogP contribution in [0.25, 0.3) is 5.78 Å². The van der Waals surface area contributed by atoms with Gasteiger partial charge in [0, 0.05) is 17.4 Å². The van der Waals surface area contributed by atoms with Gasteiger partial charge in [0.05, 0.1) is 6.54 Å². The van der Waals surface area contributed by atoms with Gasteiger partial charge in [-0.1, -0.05) is 17.7 Å². The van der Waals surface area contributed by atoms with Crippen molar-refractivity contribution >= 4 is 17.3 Å². The molecule has 2 aromatic heterocycles. The predicted octanol–water partition coefficient (Wildman–Crippen LogP) is 3.47. The fraction of sp³-hybridized carbons (Fsp3) is 0.190. The number of aromatic nitrogens is 4. The summed E-state index contributed by atoms with van der Waals surface area (Å²) in [5.41, 5.74) is 2.51. The Kier molecular flexibility index (Phi) is 4.99. The van der Waals surface area contributed by atoms with Crippen molar-refractivity contribution in [3.8, 4) is 5.75 Å². The predicted molar refractivity (Wildman–Crippen MR) is 108 cm³/mol. The topological polar surface area (TPSA) is 73.5 Å². The minimum absolute atomic E-state index is 0.225. The molecular weight excluding hydrogens is 373 g/mol. The maximum absolute atomic E-state index is 12.9. The normalized spacial score (nSPS) is 11.0. The Bertz CT molecular complexity index is 1200. The van der Waals surface area contributed by atoms with Crippen molar-refractivity contribution in [1.82, 2.24) is 19.2 Å². The largest absolute Gasteiger partial charge is 0.492 e. The summed E-state index contributed by atoms with van der Waals surface area (Å²) in [5.74, 6) is 1.12. The molecule has 1 N–H and O–H groups in total. The van der Waals surface area contributed by atoms with Crippen LogP contribution in [0.3, 0.4) is 0 Å². The average molecular weight is 393 g/mol. The Morgan fingerprint density at radius 3 is 2.52 bits per heavy atom. The first-order valence-electron chi connectivity index (χ1n) is 9.19. The van der Waals surface area contributed by atoms with Gasteiger partial charge in [-0.2, -0.15) is 4.98 Å². The molecule has 0 saturated carbocycles. The van der Waals surface area contributed by atoms with Crippen LogP contribution in [0.15, 0.2) is 59.4 Å². The summed E-state index contributed by atoms with van der Waals surface area (Å²) in [5, 5.41) is 7.54. The minimum atomic E-state index is -0.328. The zero-order valence-corrected chi connectivity index (χ0v) is 16.1. The molecule has 0 fully saturated rings. The zero-order valence-electron chi connectivity index (χ0n) is 16.1. The van der Waals surface area contributed by atoms with E-state index >= 15 is 0 Å². The van der Waals surface area contributed by atoms with E-state index in [1.54, 1.807) is 6.07 Å². The van der Waals surface area contributed by atoms with Crippen molar-refractivity contribution in [3.05, 3.63) is 82.2 Å². The molecule has 0 radical (unpaired) electrons. The van der Waals surface area contributed by atoms with Crippen LogP contribution in [0.1, 0.15) is 11.3 Å². The van der Waals surface area contributed by atoms with Crippen molar-refractivity contribution in [1.29, 1.82) is 0 Å². The van der Waals surface area contributed by atoms with Gasteiger partial charge in [0.1, 0.15) is 24.0 Å². The van der Waals surface area contributed by atoms with Crippen LogP contribution in [0.5, 0.6) is 5.75 Å². The number of nitrogens with zero attached hydrogens (tertiary/aromatic N) is 4. The van der Waals surface area contributed by atoms with Crippen LogP contribution in [0, 0.1) is 19.7 Å². The highest BCUT2D eigenvalue weighted by Gasteiger charge is 2.12. The van der Waals surface area contributed by atoms with Gasteiger partial charge in [0.2, 0.25) is 0 Å². The number of anilines is 2. The number of hydrogen-bond donors (Lipinski definition) is 1. The molecule has 0 spiro atoms. The van der Waals surface area contributed by atoms with E-state index in [9.17, 15) is 9.18 Å². The third-order valence-corrected chi connectivity index (χ3v) is 4.45. The maximum atomic E-state index is 12.9. The fourth-order valence-electron chi connectivity index (χ4n) is 2.96. The van der Waals surface area contributed by atoms with Crippen molar-refractivity contribution in [3.63, 3.8) is 0 Å². The minimum Gasteiger partial charge on any atom is -0.492 e. The van der Waals surface area contributed by atoms with Gasteiger partial charge >= 0.3 is 5.69 Å². The Morgan fingerprint density at radius 2 is 1.79 bits per heavy atom. The highest BCUT2D eigenvalue weighted by molar-refractivity contribution is 5.58. The molecular formula is C21H20FN5O2. The SMILES string of the molecule is Cc1ccc(Nc2cc(C)n3c(=O)n(CCOc4ccc(F)cc4)nc3n2)cc1. The van der Waals surface area contributed by atoms with E-state index in [0.717, 1.165) is 11.4 Å². The van der Waals surface area contributed by atoms with Gasteiger partial charge in [-0.25, -0.2) is 18.3 Å². The van der Waals surface area contributed by atoms with Gasteiger partial charge < -0.3 is 10.1 Å². The summed E-state index contributed by atoms with van der Waals surface area (Å²) in [6.45, 7) is 4.33. The Labute approximate surface area is 166 Å². The summed E-state index contributed by atoms with van der Waals surface area (Å²) in [6.07, 6.45) is 0. The second kappa shape index (κ2) is 7.75. The number of halogens is 1. The summed E-state index contributed by atoms with van der Waals surface area (Å²) < 4.78 is 21.3. The van der Waals surface area contributed by atoms with Crippen LogP contribution in [0.2, 0.25) is 0 Å². The molecule has 0 aliphatic heterocycles. The summed E-state index contributed by atoms with van der Waals surface area (Å²) in [4.78, 5) is 17.1. The third-order valence-electron chi connectivity index (χ3n) is 4.45. The van der Waals surface area contributed by atoms with E-state index in [1.165, 1.54) is 38.9 Å². The van der Waals surface area contributed by atoms with Crippen molar-refractivity contribution in [2.24, 2.45) is 0 Å². The number of benzene rings is 2. The number of fused-ring (bicyclic) bond motifs is 1. The van der Waals surface area contributed by atoms with E-state index in [-0.39, 0.29) is 24.7 Å². The second-order valence-electron chi connectivity index (χ2n) is 6.72. The molecule has 0 unspecified atom stereocenters. The lowest BCUT2D eigenvalue weighted by Crippen LogP contribution is -2.24. The molecule has 0 aliphatic carbocycles.